The maximum atomic E-state index is 11.9. The van der Waals surface area contributed by atoms with Gasteiger partial charge in [-0.25, -0.2) is 0 Å². The fraction of sp³-hybridized carbons (Fsp3) is 0.357. The molecule has 0 aromatic carbocycles. The number of nitrogens with zero attached hydrogens (tertiary/aromatic N) is 2. The van der Waals surface area contributed by atoms with Crippen molar-refractivity contribution < 1.29 is 4.79 Å². The zero-order valence-electron chi connectivity index (χ0n) is 11.5. The van der Waals surface area contributed by atoms with E-state index in [1.807, 2.05) is 26.0 Å². The van der Waals surface area contributed by atoms with Gasteiger partial charge in [0.15, 0.2) is 0 Å². The predicted molar refractivity (Wildman–Crippen MR) is 78.7 cm³/mol. The minimum atomic E-state index is -0.0641. The Kier molecular flexibility index (Phi) is 4.68. The first-order valence-electron chi connectivity index (χ1n) is 6.42. The number of nitrogens with one attached hydrogen (secondary N) is 1. The van der Waals surface area contributed by atoms with Crippen LogP contribution in [0.3, 0.4) is 0 Å². The molecule has 0 aliphatic heterocycles. The molecular weight excluding hydrogens is 274 g/mol. The van der Waals surface area contributed by atoms with Crippen molar-refractivity contribution >= 4 is 17.2 Å². The van der Waals surface area contributed by atoms with Crippen molar-refractivity contribution in [2.45, 2.75) is 32.9 Å². The van der Waals surface area contributed by atoms with Gasteiger partial charge in [-0.3, -0.25) is 14.6 Å². The van der Waals surface area contributed by atoms with Crippen LogP contribution >= 0.6 is 11.3 Å². The Morgan fingerprint density at radius 3 is 2.75 bits per heavy atom. The van der Waals surface area contributed by atoms with Crippen molar-refractivity contribution in [1.29, 1.82) is 0 Å². The van der Waals surface area contributed by atoms with Gasteiger partial charge >= 0.3 is 4.87 Å². The molecule has 1 atom stereocenters. The van der Waals surface area contributed by atoms with Crippen LogP contribution in [-0.2, 0) is 11.3 Å². The number of thiazole rings is 1. The zero-order chi connectivity index (χ0) is 14.5. The number of aryl methyl sites for hydroxylation is 1. The van der Waals surface area contributed by atoms with Gasteiger partial charge in [-0.15, -0.1) is 0 Å². The fourth-order valence-corrected chi connectivity index (χ4v) is 2.70. The Morgan fingerprint density at radius 2 is 2.15 bits per heavy atom. The van der Waals surface area contributed by atoms with Gasteiger partial charge in [-0.2, -0.15) is 0 Å². The van der Waals surface area contributed by atoms with Gasteiger partial charge in [0, 0.05) is 36.4 Å². The maximum absolute atomic E-state index is 11.9. The molecule has 6 heteroatoms. The van der Waals surface area contributed by atoms with Crippen molar-refractivity contribution in [3.8, 4) is 0 Å². The predicted octanol–water partition coefficient (Wildman–Crippen LogP) is 1.88. The van der Waals surface area contributed by atoms with Gasteiger partial charge in [0.05, 0.1) is 6.04 Å². The van der Waals surface area contributed by atoms with E-state index in [0.29, 0.717) is 13.0 Å². The van der Waals surface area contributed by atoms with Crippen LogP contribution in [-0.4, -0.2) is 15.5 Å². The highest BCUT2D eigenvalue weighted by molar-refractivity contribution is 7.07. The number of carbonyl (C=O) groups excluding carboxylic acids is 1. The van der Waals surface area contributed by atoms with Crippen LogP contribution in [0.2, 0.25) is 0 Å². The van der Waals surface area contributed by atoms with Crippen LogP contribution in [0.25, 0.3) is 0 Å². The molecule has 0 spiro atoms. The van der Waals surface area contributed by atoms with Crippen molar-refractivity contribution in [3.05, 3.63) is 50.8 Å². The summed E-state index contributed by atoms with van der Waals surface area (Å²) in [6.45, 7) is 4.22. The number of carbonyl (C=O) groups is 1. The van der Waals surface area contributed by atoms with Gasteiger partial charge in [-0.1, -0.05) is 11.3 Å². The first kappa shape index (κ1) is 14.5. The molecule has 1 amide bonds. The van der Waals surface area contributed by atoms with Crippen LogP contribution < -0.4 is 10.2 Å². The average molecular weight is 291 g/mol. The molecule has 2 heterocycles. The second-order valence-electron chi connectivity index (χ2n) is 4.61. The van der Waals surface area contributed by atoms with Crippen molar-refractivity contribution in [2.75, 3.05) is 0 Å². The van der Waals surface area contributed by atoms with E-state index in [-0.39, 0.29) is 16.8 Å². The number of rotatable bonds is 5. The number of hydrogen-bond acceptors (Lipinski definition) is 4. The largest absolute Gasteiger partial charge is 0.350 e. The standard InChI is InChI=1S/C14H17N3O2S/c1-10-9-20-14(19)17(10)8-5-13(18)16-11(2)12-3-6-15-7-4-12/h3-4,6-7,9,11H,5,8H2,1-2H3,(H,16,18)/t11-/m1/s1. The SMILES string of the molecule is Cc1csc(=O)n1CCC(=O)N[C@H](C)c1ccncc1. The van der Waals surface area contributed by atoms with Gasteiger partial charge in [0.1, 0.15) is 0 Å². The summed E-state index contributed by atoms with van der Waals surface area (Å²) in [6.07, 6.45) is 3.70. The third-order valence-electron chi connectivity index (χ3n) is 3.12. The average Bonchev–Trinajstić information content (AvgIpc) is 2.77. The van der Waals surface area contributed by atoms with E-state index in [1.54, 1.807) is 22.3 Å². The smallest absolute Gasteiger partial charge is 0.307 e. The number of amides is 1. The summed E-state index contributed by atoms with van der Waals surface area (Å²) in [5.41, 5.74) is 1.91. The second-order valence-corrected chi connectivity index (χ2v) is 5.44. The number of hydrogen-bond donors (Lipinski definition) is 1. The first-order chi connectivity index (χ1) is 9.58. The second kappa shape index (κ2) is 6.47. The molecule has 0 bridgehead atoms. The summed E-state index contributed by atoms with van der Waals surface area (Å²) in [5, 5.41) is 4.72. The molecule has 0 saturated heterocycles. The third-order valence-corrected chi connectivity index (χ3v) is 4.00. The summed E-state index contributed by atoms with van der Waals surface area (Å²) < 4.78 is 1.63. The molecule has 0 aliphatic rings. The molecule has 0 radical (unpaired) electrons. The first-order valence-corrected chi connectivity index (χ1v) is 7.30. The van der Waals surface area contributed by atoms with E-state index in [4.69, 9.17) is 0 Å². The Bertz CT molecular complexity index is 633. The van der Waals surface area contributed by atoms with Crippen molar-refractivity contribution in [2.24, 2.45) is 0 Å². The van der Waals surface area contributed by atoms with Crippen LogP contribution in [0.5, 0.6) is 0 Å². The highest BCUT2D eigenvalue weighted by Gasteiger charge is 2.10. The monoisotopic (exact) mass is 291 g/mol. The fourth-order valence-electron chi connectivity index (χ4n) is 1.94. The molecule has 2 rings (SSSR count). The van der Waals surface area contributed by atoms with Gasteiger partial charge in [0.2, 0.25) is 5.91 Å². The Morgan fingerprint density at radius 1 is 1.45 bits per heavy atom. The summed E-state index contributed by atoms with van der Waals surface area (Å²) in [7, 11) is 0. The summed E-state index contributed by atoms with van der Waals surface area (Å²) in [4.78, 5) is 27.4. The Balaban J connectivity index is 1.89. The van der Waals surface area contributed by atoms with Crippen molar-refractivity contribution in [3.63, 3.8) is 0 Å². The normalized spacial score (nSPS) is 12.1. The minimum Gasteiger partial charge on any atom is -0.350 e. The molecule has 0 aliphatic carbocycles. The summed E-state index contributed by atoms with van der Waals surface area (Å²) in [5.74, 6) is -0.0631. The molecule has 0 fully saturated rings. The molecule has 1 N–H and O–H groups in total. The Hall–Kier alpha value is -1.95. The van der Waals surface area contributed by atoms with Gasteiger partial charge in [0.25, 0.3) is 0 Å². The molecule has 106 valence electrons. The maximum Gasteiger partial charge on any atom is 0.307 e. The highest BCUT2D eigenvalue weighted by Crippen LogP contribution is 2.10. The van der Waals surface area contributed by atoms with E-state index in [2.05, 4.69) is 10.3 Å². The van der Waals surface area contributed by atoms with Crippen LogP contribution in [0.4, 0.5) is 0 Å². The molecule has 2 aromatic rings. The van der Waals surface area contributed by atoms with E-state index in [1.165, 1.54) is 0 Å². The van der Waals surface area contributed by atoms with Crippen LogP contribution in [0.15, 0.2) is 34.7 Å². The molecule has 5 nitrogen and oxygen atoms in total. The zero-order valence-corrected chi connectivity index (χ0v) is 12.3. The van der Waals surface area contributed by atoms with Gasteiger partial charge in [-0.05, 0) is 31.5 Å². The lowest BCUT2D eigenvalue weighted by atomic mass is 10.1. The highest BCUT2D eigenvalue weighted by atomic mass is 32.1. The Labute approximate surface area is 121 Å². The quantitative estimate of drug-likeness (QED) is 0.915. The molecular formula is C14H17N3O2S. The number of aromatic nitrogens is 2. The van der Waals surface area contributed by atoms with E-state index < -0.39 is 0 Å². The summed E-state index contributed by atoms with van der Waals surface area (Å²) >= 11 is 1.16. The van der Waals surface area contributed by atoms with E-state index in [0.717, 1.165) is 22.6 Å². The van der Waals surface area contributed by atoms with E-state index >= 15 is 0 Å². The topological polar surface area (TPSA) is 64.0 Å². The minimum absolute atomic E-state index is 0.0162. The lowest BCUT2D eigenvalue weighted by Crippen LogP contribution is -2.28. The van der Waals surface area contributed by atoms with E-state index in [9.17, 15) is 9.59 Å². The lowest BCUT2D eigenvalue weighted by Gasteiger charge is -2.14. The molecule has 0 unspecified atom stereocenters. The van der Waals surface area contributed by atoms with Crippen molar-refractivity contribution in [1.82, 2.24) is 14.9 Å². The summed E-state index contributed by atoms with van der Waals surface area (Å²) in [6, 6.07) is 3.68. The molecule has 0 saturated carbocycles. The van der Waals surface area contributed by atoms with Crippen LogP contribution in [0.1, 0.15) is 30.6 Å². The third kappa shape index (κ3) is 3.54. The van der Waals surface area contributed by atoms with Gasteiger partial charge < -0.3 is 9.88 Å². The molecule has 2 aromatic heterocycles. The molecule has 20 heavy (non-hydrogen) atoms. The van der Waals surface area contributed by atoms with Crippen LogP contribution in [0, 0.1) is 6.92 Å². The lowest BCUT2D eigenvalue weighted by molar-refractivity contribution is -0.121. The number of pyridine rings is 1.